The van der Waals surface area contributed by atoms with Crippen molar-refractivity contribution in [1.29, 1.82) is 5.26 Å². The quantitative estimate of drug-likeness (QED) is 0.681. The minimum atomic E-state index is -0.750. The number of fused-ring (bicyclic) bond motifs is 1. The van der Waals surface area contributed by atoms with Crippen LogP contribution in [0.5, 0.6) is 11.5 Å². The van der Waals surface area contributed by atoms with Gasteiger partial charge >= 0.3 is 0 Å². The number of amides is 2. The minimum Gasteiger partial charge on any atom is -0.493 e. The number of rotatable bonds is 5. The fourth-order valence-electron chi connectivity index (χ4n) is 5.11. The van der Waals surface area contributed by atoms with Crippen molar-refractivity contribution < 1.29 is 19.1 Å². The molecule has 2 aliphatic carbocycles. The Morgan fingerprint density at radius 2 is 1.65 bits per heavy atom. The van der Waals surface area contributed by atoms with Crippen LogP contribution in [0.4, 0.5) is 0 Å². The summed E-state index contributed by atoms with van der Waals surface area (Å²) >= 11 is 0. The van der Waals surface area contributed by atoms with E-state index < -0.39 is 5.41 Å². The van der Waals surface area contributed by atoms with E-state index in [0.717, 1.165) is 31.2 Å². The third kappa shape index (κ3) is 3.07. The van der Waals surface area contributed by atoms with Crippen LogP contribution in [0.2, 0.25) is 0 Å². The summed E-state index contributed by atoms with van der Waals surface area (Å²) in [5, 5.41) is 10.0. The highest BCUT2D eigenvalue weighted by atomic mass is 16.5. The molecule has 2 aromatic carbocycles. The van der Waals surface area contributed by atoms with Gasteiger partial charge in [-0.25, -0.2) is 0 Å². The summed E-state index contributed by atoms with van der Waals surface area (Å²) in [6.45, 7) is 0. The number of imide groups is 1. The normalized spacial score (nSPS) is 25.2. The number of hydrogen-bond acceptors (Lipinski definition) is 5. The third-order valence-electron chi connectivity index (χ3n) is 6.88. The van der Waals surface area contributed by atoms with Crippen LogP contribution < -0.4 is 9.47 Å². The van der Waals surface area contributed by atoms with Crippen molar-refractivity contribution in [3.05, 3.63) is 59.2 Å². The number of hydrogen-bond donors (Lipinski definition) is 0. The first kappa shape index (κ1) is 19.6. The summed E-state index contributed by atoms with van der Waals surface area (Å²) in [7, 11) is 1.61. The Kier molecular flexibility index (Phi) is 4.70. The zero-order valence-corrected chi connectivity index (χ0v) is 17.5. The molecule has 6 heteroatoms. The lowest BCUT2D eigenvalue weighted by Gasteiger charge is -2.46. The van der Waals surface area contributed by atoms with Crippen LogP contribution in [-0.4, -0.2) is 36.0 Å². The van der Waals surface area contributed by atoms with Crippen LogP contribution in [0.1, 0.15) is 64.8 Å². The van der Waals surface area contributed by atoms with Gasteiger partial charge in [0.05, 0.1) is 35.8 Å². The lowest BCUT2D eigenvalue weighted by Crippen LogP contribution is -2.54. The summed E-state index contributed by atoms with van der Waals surface area (Å²) in [5.41, 5.74) is 0.981. The first-order chi connectivity index (χ1) is 15.1. The van der Waals surface area contributed by atoms with E-state index in [-0.39, 0.29) is 24.0 Å². The molecular formula is C25H24N2O4. The summed E-state index contributed by atoms with van der Waals surface area (Å²) in [6, 6.07) is 14.7. The number of methoxy groups -OCH3 is 1. The highest BCUT2D eigenvalue weighted by molar-refractivity contribution is 6.21. The van der Waals surface area contributed by atoms with Gasteiger partial charge in [0.2, 0.25) is 0 Å². The number of carbonyl (C=O) groups is 2. The van der Waals surface area contributed by atoms with Crippen molar-refractivity contribution in [1.82, 2.24) is 4.90 Å². The maximum Gasteiger partial charge on any atom is 0.261 e. The van der Waals surface area contributed by atoms with Gasteiger partial charge in [-0.3, -0.25) is 14.5 Å². The maximum absolute atomic E-state index is 12.8. The van der Waals surface area contributed by atoms with E-state index in [9.17, 15) is 14.9 Å². The van der Waals surface area contributed by atoms with Gasteiger partial charge in [-0.05, 0) is 68.4 Å². The molecule has 3 aliphatic rings. The standard InChI is InChI=1S/C25H24N2O4/c1-30-21-11-10-16(12-22(21)31-18-6-2-3-7-18)25(15-26)13-17(14-25)27-23(28)19-8-4-5-9-20(19)24(27)29/h4-5,8-12,17-18H,2-3,6-7,13-14H2,1H3. The van der Waals surface area contributed by atoms with Gasteiger partial charge in [0, 0.05) is 6.04 Å². The molecule has 0 atom stereocenters. The second kappa shape index (κ2) is 7.42. The summed E-state index contributed by atoms with van der Waals surface area (Å²) in [6.07, 6.45) is 5.40. The van der Waals surface area contributed by atoms with Gasteiger partial charge in [-0.2, -0.15) is 5.26 Å². The Morgan fingerprint density at radius 3 is 2.23 bits per heavy atom. The van der Waals surface area contributed by atoms with Gasteiger partial charge in [-0.15, -0.1) is 0 Å². The Labute approximate surface area is 181 Å². The molecule has 0 saturated heterocycles. The molecule has 0 N–H and O–H groups in total. The number of nitrogens with zero attached hydrogens (tertiary/aromatic N) is 2. The molecule has 31 heavy (non-hydrogen) atoms. The molecule has 6 nitrogen and oxygen atoms in total. The van der Waals surface area contributed by atoms with Crippen molar-refractivity contribution in [2.75, 3.05) is 7.11 Å². The topological polar surface area (TPSA) is 79.6 Å². The van der Waals surface area contributed by atoms with Crippen LogP contribution >= 0.6 is 0 Å². The van der Waals surface area contributed by atoms with Crippen molar-refractivity contribution in [2.24, 2.45) is 0 Å². The van der Waals surface area contributed by atoms with Gasteiger partial charge in [0.15, 0.2) is 11.5 Å². The molecule has 1 heterocycles. The first-order valence-electron chi connectivity index (χ1n) is 10.8. The molecule has 0 bridgehead atoms. The zero-order chi connectivity index (χ0) is 21.6. The number of carbonyl (C=O) groups excluding carboxylic acids is 2. The molecule has 1 aliphatic heterocycles. The number of nitriles is 1. The van der Waals surface area contributed by atoms with Crippen LogP contribution in [0.3, 0.4) is 0 Å². The summed E-state index contributed by atoms with van der Waals surface area (Å²) < 4.78 is 11.7. The Balaban J connectivity index is 1.38. The number of benzene rings is 2. The zero-order valence-electron chi connectivity index (χ0n) is 17.5. The second-order valence-electron chi connectivity index (χ2n) is 8.67. The van der Waals surface area contributed by atoms with E-state index in [4.69, 9.17) is 9.47 Å². The largest absolute Gasteiger partial charge is 0.493 e. The first-order valence-corrected chi connectivity index (χ1v) is 10.8. The van der Waals surface area contributed by atoms with E-state index >= 15 is 0 Å². The second-order valence-corrected chi connectivity index (χ2v) is 8.67. The molecule has 2 amide bonds. The van der Waals surface area contributed by atoms with Crippen LogP contribution in [-0.2, 0) is 5.41 Å². The third-order valence-corrected chi connectivity index (χ3v) is 6.88. The highest BCUT2D eigenvalue weighted by Gasteiger charge is 2.53. The minimum absolute atomic E-state index is 0.176. The molecule has 0 radical (unpaired) electrons. The average molecular weight is 416 g/mol. The molecule has 0 unspecified atom stereocenters. The van der Waals surface area contributed by atoms with E-state index in [1.807, 2.05) is 18.2 Å². The molecule has 2 saturated carbocycles. The van der Waals surface area contributed by atoms with E-state index in [2.05, 4.69) is 6.07 Å². The molecule has 0 spiro atoms. The SMILES string of the molecule is COc1ccc(C2(C#N)CC(N3C(=O)c4ccccc4C3=O)C2)cc1OC1CCCC1. The van der Waals surface area contributed by atoms with Gasteiger partial charge in [0.25, 0.3) is 11.8 Å². The fourth-order valence-corrected chi connectivity index (χ4v) is 5.11. The Bertz CT molecular complexity index is 1060. The highest BCUT2D eigenvalue weighted by Crippen LogP contribution is 2.49. The van der Waals surface area contributed by atoms with Gasteiger partial charge in [0.1, 0.15) is 0 Å². The van der Waals surface area contributed by atoms with Crippen LogP contribution in [0, 0.1) is 11.3 Å². The lowest BCUT2D eigenvalue weighted by molar-refractivity contribution is 0.0421. The van der Waals surface area contributed by atoms with Gasteiger partial charge < -0.3 is 9.47 Å². The smallest absolute Gasteiger partial charge is 0.261 e. The average Bonchev–Trinajstić information content (AvgIpc) is 3.36. The van der Waals surface area contributed by atoms with E-state index in [1.54, 1.807) is 31.4 Å². The van der Waals surface area contributed by atoms with Gasteiger partial charge in [-0.1, -0.05) is 18.2 Å². The predicted octanol–water partition coefficient (Wildman–Crippen LogP) is 4.24. The van der Waals surface area contributed by atoms with E-state index in [1.165, 1.54) is 4.90 Å². The molecular weight excluding hydrogens is 392 g/mol. The summed E-state index contributed by atoms with van der Waals surface area (Å²) in [5.74, 6) is 0.778. The lowest BCUT2D eigenvalue weighted by atomic mass is 9.62. The van der Waals surface area contributed by atoms with Crippen molar-refractivity contribution in [3.8, 4) is 17.6 Å². The molecule has 2 fully saturated rings. The van der Waals surface area contributed by atoms with Crippen LogP contribution in [0.25, 0.3) is 0 Å². The van der Waals surface area contributed by atoms with Crippen molar-refractivity contribution >= 4 is 11.8 Å². The number of ether oxygens (including phenoxy) is 2. The molecule has 5 rings (SSSR count). The fraction of sp³-hybridized carbons (Fsp3) is 0.400. The van der Waals surface area contributed by atoms with Crippen molar-refractivity contribution in [3.63, 3.8) is 0 Å². The predicted molar refractivity (Wildman–Crippen MR) is 113 cm³/mol. The van der Waals surface area contributed by atoms with E-state index in [0.29, 0.717) is 35.5 Å². The summed E-state index contributed by atoms with van der Waals surface area (Å²) in [4.78, 5) is 26.9. The maximum atomic E-state index is 12.8. The molecule has 0 aromatic heterocycles. The van der Waals surface area contributed by atoms with Crippen molar-refractivity contribution in [2.45, 2.75) is 56.1 Å². The van der Waals surface area contributed by atoms with Crippen LogP contribution in [0.15, 0.2) is 42.5 Å². The molecule has 158 valence electrons. The Hall–Kier alpha value is -3.33. The monoisotopic (exact) mass is 416 g/mol. The Morgan fingerprint density at radius 1 is 1.00 bits per heavy atom. The molecule has 2 aromatic rings.